The van der Waals surface area contributed by atoms with Gasteiger partial charge in [-0.15, -0.1) is 0 Å². The van der Waals surface area contributed by atoms with Crippen molar-refractivity contribution in [2.45, 2.75) is 6.54 Å². The smallest absolute Gasteiger partial charge is 0.272 e. The molecule has 3 N–H and O–H groups in total. The average Bonchev–Trinajstić information content (AvgIpc) is 2.43. The molecule has 1 heterocycles. The van der Waals surface area contributed by atoms with Crippen LogP contribution in [-0.4, -0.2) is 9.78 Å². The zero-order valence-electron chi connectivity index (χ0n) is 7.37. The van der Waals surface area contributed by atoms with Crippen molar-refractivity contribution in [1.82, 2.24) is 9.78 Å². The molecule has 0 atom stereocenters. The van der Waals surface area contributed by atoms with E-state index in [0.717, 1.165) is 11.1 Å². The van der Waals surface area contributed by atoms with Gasteiger partial charge in [0.15, 0.2) is 0 Å². The van der Waals surface area contributed by atoms with Gasteiger partial charge >= 0.3 is 0 Å². The molecule has 4 nitrogen and oxygen atoms in total. The maximum Gasteiger partial charge on any atom is 0.272 e. The molecule has 0 unspecified atom stereocenters. The number of hydrogen-bond donors (Lipinski definition) is 2. The zero-order valence-corrected chi connectivity index (χ0v) is 7.37. The third-order valence-corrected chi connectivity index (χ3v) is 2.21. The lowest BCUT2D eigenvalue weighted by atomic mass is 10.1. The Balaban J connectivity index is 2.97. The molecule has 13 heavy (non-hydrogen) atoms. The summed E-state index contributed by atoms with van der Waals surface area (Å²) in [5, 5.41) is 3.40. The van der Waals surface area contributed by atoms with E-state index in [4.69, 9.17) is 5.73 Å². The second-order valence-electron chi connectivity index (χ2n) is 3.02. The highest BCUT2D eigenvalue weighted by Crippen LogP contribution is 2.12. The number of aryl methyl sites for hydroxylation is 1. The minimum atomic E-state index is -0.0708. The Kier molecular flexibility index (Phi) is 1.70. The Morgan fingerprint density at radius 2 is 2.31 bits per heavy atom. The van der Waals surface area contributed by atoms with E-state index in [2.05, 4.69) is 5.10 Å². The molecular formula is C9H11N3O. The highest BCUT2D eigenvalue weighted by Gasteiger charge is 2.06. The lowest BCUT2D eigenvalue weighted by Crippen LogP contribution is -2.05. The van der Waals surface area contributed by atoms with Gasteiger partial charge in [0.05, 0.1) is 10.9 Å². The van der Waals surface area contributed by atoms with Crippen molar-refractivity contribution in [1.29, 1.82) is 0 Å². The minimum Gasteiger partial charge on any atom is -0.326 e. The lowest BCUT2D eigenvalue weighted by Gasteiger charge is -1.97. The third kappa shape index (κ3) is 1.07. The van der Waals surface area contributed by atoms with Gasteiger partial charge in [0.25, 0.3) is 5.56 Å². The van der Waals surface area contributed by atoms with Crippen LogP contribution < -0.4 is 11.3 Å². The predicted molar refractivity (Wildman–Crippen MR) is 51.4 cm³/mol. The van der Waals surface area contributed by atoms with E-state index >= 15 is 0 Å². The molecule has 4 heteroatoms. The molecule has 68 valence electrons. The predicted octanol–water partition coefficient (Wildman–Crippen LogP) is 0.325. The molecule has 0 fully saturated rings. The van der Waals surface area contributed by atoms with Crippen molar-refractivity contribution in [2.24, 2.45) is 12.8 Å². The van der Waals surface area contributed by atoms with Gasteiger partial charge in [0.1, 0.15) is 0 Å². The summed E-state index contributed by atoms with van der Waals surface area (Å²) < 4.78 is 1.71. The highest BCUT2D eigenvalue weighted by molar-refractivity contribution is 5.81. The Labute approximate surface area is 75.0 Å². The molecule has 1 aromatic carbocycles. The molecule has 0 spiro atoms. The quantitative estimate of drug-likeness (QED) is 0.659. The number of nitrogens with two attached hydrogens (primary N) is 1. The number of fused-ring (bicyclic) bond motifs is 1. The first-order valence-electron chi connectivity index (χ1n) is 4.10. The first-order chi connectivity index (χ1) is 6.24. The Bertz CT molecular complexity index is 495. The highest BCUT2D eigenvalue weighted by atomic mass is 16.1. The molecule has 0 aliphatic rings. The van der Waals surface area contributed by atoms with Crippen molar-refractivity contribution in [3.05, 3.63) is 34.1 Å². The molecule has 0 aliphatic heterocycles. The molecule has 0 radical (unpaired) electrons. The van der Waals surface area contributed by atoms with E-state index in [1.807, 2.05) is 25.2 Å². The molecule has 2 aromatic rings. The van der Waals surface area contributed by atoms with Crippen LogP contribution >= 0.6 is 0 Å². The number of nitrogens with zero attached hydrogens (tertiary/aromatic N) is 1. The molecule has 0 amide bonds. The summed E-state index contributed by atoms with van der Waals surface area (Å²) in [6, 6.07) is 5.67. The number of aromatic amines is 1. The summed E-state index contributed by atoms with van der Waals surface area (Å²) in [6.07, 6.45) is 0. The molecule has 0 saturated carbocycles. The molecule has 2 rings (SSSR count). The van der Waals surface area contributed by atoms with Crippen LogP contribution in [0, 0.1) is 0 Å². The van der Waals surface area contributed by atoms with Gasteiger partial charge < -0.3 is 5.73 Å². The fourth-order valence-corrected chi connectivity index (χ4v) is 1.57. The average molecular weight is 177 g/mol. The van der Waals surface area contributed by atoms with Gasteiger partial charge in [-0.3, -0.25) is 14.6 Å². The Hall–Kier alpha value is -1.55. The first kappa shape index (κ1) is 8.07. The SMILES string of the molecule is Cn1[nH]c(=O)c2c(CN)cccc21. The minimum absolute atomic E-state index is 0.0708. The van der Waals surface area contributed by atoms with Crippen molar-refractivity contribution < 1.29 is 0 Å². The molecule has 0 bridgehead atoms. The van der Waals surface area contributed by atoms with Gasteiger partial charge in [-0.1, -0.05) is 12.1 Å². The first-order valence-corrected chi connectivity index (χ1v) is 4.10. The Morgan fingerprint density at radius 3 is 3.00 bits per heavy atom. The lowest BCUT2D eigenvalue weighted by molar-refractivity contribution is 0.783. The summed E-state index contributed by atoms with van der Waals surface area (Å²) in [6.45, 7) is 0.393. The fourth-order valence-electron chi connectivity index (χ4n) is 1.57. The maximum atomic E-state index is 11.4. The van der Waals surface area contributed by atoms with Crippen LogP contribution in [0.15, 0.2) is 23.0 Å². The number of rotatable bonds is 1. The van der Waals surface area contributed by atoms with Gasteiger partial charge in [0, 0.05) is 13.6 Å². The second-order valence-corrected chi connectivity index (χ2v) is 3.02. The van der Waals surface area contributed by atoms with Gasteiger partial charge in [-0.2, -0.15) is 0 Å². The van der Waals surface area contributed by atoms with E-state index < -0.39 is 0 Å². The van der Waals surface area contributed by atoms with Crippen molar-refractivity contribution in [3.8, 4) is 0 Å². The van der Waals surface area contributed by atoms with Crippen molar-refractivity contribution >= 4 is 10.9 Å². The van der Waals surface area contributed by atoms with Crippen LogP contribution in [0.25, 0.3) is 10.9 Å². The van der Waals surface area contributed by atoms with Gasteiger partial charge in [-0.05, 0) is 11.6 Å². The van der Waals surface area contributed by atoms with E-state index in [0.29, 0.717) is 11.9 Å². The van der Waals surface area contributed by atoms with Crippen LogP contribution in [-0.2, 0) is 13.6 Å². The van der Waals surface area contributed by atoms with E-state index in [-0.39, 0.29) is 5.56 Å². The Morgan fingerprint density at radius 1 is 1.54 bits per heavy atom. The second kappa shape index (κ2) is 2.74. The largest absolute Gasteiger partial charge is 0.326 e. The van der Waals surface area contributed by atoms with Crippen LogP contribution in [0.1, 0.15) is 5.56 Å². The number of hydrogen-bond acceptors (Lipinski definition) is 2. The van der Waals surface area contributed by atoms with E-state index in [1.54, 1.807) is 4.68 Å². The van der Waals surface area contributed by atoms with Gasteiger partial charge in [-0.25, -0.2) is 0 Å². The molecule has 0 aliphatic carbocycles. The summed E-state index contributed by atoms with van der Waals surface area (Å²) in [5.74, 6) is 0. The standard InChI is InChI=1S/C9H11N3O/c1-12-7-4-2-3-6(5-10)8(7)9(13)11-12/h2-4H,5,10H2,1H3,(H,11,13). The summed E-state index contributed by atoms with van der Waals surface area (Å²) in [4.78, 5) is 11.4. The normalized spacial score (nSPS) is 10.9. The topological polar surface area (TPSA) is 63.8 Å². The molecular weight excluding hydrogens is 166 g/mol. The van der Waals surface area contributed by atoms with Crippen LogP contribution in [0.2, 0.25) is 0 Å². The van der Waals surface area contributed by atoms with Crippen molar-refractivity contribution in [3.63, 3.8) is 0 Å². The molecule has 0 saturated heterocycles. The van der Waals surface area contributed by atoms with E-state index in [9.17, 15) is 4.79 Å². The summed E-state index contributed by atoms with van der Waals surface area (Å²) >= 11 is 0. The van der Waals surface area contributed by atoms with Crippen LogP contribution in [0.5, 0.6) is 0 Å². The summed E-state index contributed by atoms with van der Waals surface area (Å²) in [7, 11) is 1.81. The number of aromatic nitrogens is 2. The maximum absolute atomic E-state index is 11.4. The van der Waals surface area contributed by atoms with Crippen LogP contribution in [0.3, 0.4) is 0 Å². The number of benzene rings is 1. The molecule has 1 aromatic heterocycles. The third-order valence-electron chi connectivity index (χ3n) is 2.21. The fraction of sp³-hybridized carbons (Fsp3) is 0.222. The number of nitrogens with one attached hydrogen (secondary N) is 1. The van der Waals surface area contributed by atoms with Crippen molar-refractivity contribution in [2.75, 3.05) is 0 Å². The number of H-pyrrole nitrogens is 1. The van der Waals surface area contributed by atoms with Crippen LogP contribution in [0.4, 0.5) is 0 Å². The zero-order chi connectivity index (χ0) is 9.42. The van der Waals surface area contributed by atoms with Gasteiger partial charge in [0.2, 0.25) is 0 Å². The summed E-state index contributed by atoms with van der Waals surface area (Å²) in [5.41, 5.74) is 7.25. The monoisotopic (exact) mass is 177 g/mol. The van der Waals surface area contributed by atoms with E-state index in [1.165, 1.54) is 0 Å².